The largest absolute Gasteiger partial charge is 0.475 e. The second-order valence-electron chi connectivity index (χ2n) is 6.24. The van der Waals surface area contributed by atoms with Gasteiger partial charge < -0.3 is 9.52 Å². The fourth-order valence-electron chi connectivity index (χ4n) is 2.49. The molecule has 0 saturated carbocycles. The van der Waals surface area contributed by atoms with Crippen LogP contribution in [-0.4, -0.2) is 11.1 Å². The van der Waals surface area contributed by atoms with Crippen LogP contribution in [0.15, 0.2) is 22.6 Å². The number of carbonyl (C=O) groups is 1. The summed E-state index contributed by atoms with van der Waals surface area (Å²) >= 11 is 0. The highest BCUT2D eigenvalue weighted by Gasteiger charge is 2.29. The number of rotatable bonds is 2. The van der Waals surface area contributed by atoms with Crippen LogP contribution < -0.4 is 0 Å². The zero-order valence-electron chi connectivity index (χ0n) is 12.1. The predicted molar refractivity (Wildman–Crippen MR) is 76.0 cm³/mol. The summed E-state index contributed by atoms with van der Waals surface area (Å²) in [6, 6.07) is 5.90. The van der Waals surface area contributed by atoms with Gasteiger partial charge in [0.15, 0.2) is 0 Å². The zero-order chi connectivity index (χ0) is 14.4. The predicted octanol–water partition coefficient (Wildman–Crippen LogP) is 4.55. The maximum absolute atomic E-state index is 11.4. The Bertz CT molecular complexity index is 627. The number of carboxylic acids is 1. The van der Waals surface area contributed by atoms with Gasteiger partial charge in [-0.05, 0) is 16.9 Å². The van der Waals surface area contributed by atoms with Crippen LogP contribution in [0.5, 0.6) is 0 Å². The maximum Gasteiger partial charge on any atom is 0.372 e. The Morgan fingerprint density at radius 2 is 1.89 bits per heavy atom. The minimum Gasteiger partial charge on any atom is -0.475 e. The van der Waals surface area contributed by atoms with E-state index in [1.54, 1.807) is 0 Å². The Kier molecular flexibility index (Phi) is 3.17. The fourth-order valence-corrected chi connectivity index (χ4v) is 2.49. The third kappa shape index (κ3) is 2.25. The summed E-state index contributed by atoms with van der Waals surface area (Å²) in [4.78, 5) is 11.4. The van der Waals surface area contributed by atoms with Crippen LogP contribution >= 0.6 is 0 Å². The molecule has 0 radical (unpaired) electrons. The molecule has 19 heavy (non-hydrogen) atoms. The molecule has 1 aromatic carbocycles. The number of para-hydroxylation sites is 1. The topological polar surface area (TPSA) is 50.4 Å². The maximum atomic E-state index is 11.4. The number of furan rings is 1. The van der Waals surface area contributed by atoms with Crippen molar-refractivity contribution in [2.75, 3.05) is 0 Å². The van der Waals surface area contributed by atoms with Crippen molar-refractivity contribution >= 4 is 16.9 Å². The molecule has 0 fully saturated rings. The molecule has 3 heteroatoms. The summed E-state index contributed by atoms with van der Waals surface area (Å²) in [7, 11) is 0. The van der Waals surface area contributed by atoms with Crippen molar-refractivity contribution in [3.05, 3.63) is 35.1 Å². The molecule has 2 rings (SSSR count). The molecule has 0 aliphatic rings. The van der Waals surface area contributed by atoms with E-state index in [0.717, 1.165) is 16.5 Å². The van der Waals surface area contributed by atoms with Crippen LogP contribution in [0.25, 0.3) is 11.0 Å². The highest BCUT2D eigenvalue weighted by Crippen LogP contribution is 2.38. The van der Waals surface area contributed by atoms with Crippen LogP contribution in [0.1, 0.15) is 62.2 Å². The fraction of sp³-hybridized carbons (Fsp3) is 0.438. The molecule has 1 N–H and O–H groups in total. The molecule has 0 bridgehead atoms. The molecule has 0 unspecified atom stereocenters. The Morgan fingerprint density at radius 1 is 1.26 bits per heavy atom. The van der Waals surface area contributed by atoms with Crippen LogP contribution in [0, 0.1) is 0 Å². The van der Waals surface area contributed by atoms with Crippen molar-refractivity contribution in [2.24, 2.45) is 0 Å². The molecule has 0 aliphatic carbocycles. The highest BCUT2D eigenvalue weighted by molar-refractivity contribution is 5.97. The number of hydrogen-bond acceptors (Lipinski definition) is 2. The van der Waals surface area contributed by atoms with Crippen LogP contribution in [0.3, 0.4) is 0 Å². The third-order valence-electron chi connectivity index (χ3n) is 3.31. The van der Waals surface area contributed by atoms with Gasteiger partial charge in [-0.3, -0.25) is 0 Å². The van der Waals surface area contributed by atoms with Crippen LogP contribution in [0.4, 0.5) is 0 Å². The first kappa shape index (κ1) is 13.7. The second-order valence-corrected chi connectivity index (χ2v) is 6.24. The molecular formula is C16H20O3. The summed E-state index contributed by atoms with van der Waals surface area (Å²) in [5.74, 6) is -0.643. The summed E-state index contributed by atoms with van der Waals surface area (Å²) in [6.07, 6.45) is 0. The van der Waals surface area contributed by atoms with E-state index in [2.05, 4.69) is 13.8 Å². The lowest BCUT2D eigenvalue weighted by atomic mass is 9.84. The van der Waals surface area contributed by atoms with E-state index in [1.807, 2.05) is 39.0 Å². The second kappa shape index (κ2) is 4.41. The summed E-state index contributed by atoms with van der Waals surface area (Å²) in [6.45, 7) is 10.2. The van der Waals surface area contributed by atoms with E-state index in [9.17, 15) is 9.90 Å². The van der Waals surface area contributed by atoms with Gasteiger partial charge in [0.2, 0.25) is 5.76 Å². The normalized spacial score (nSPS) is 12.3. The van der Waals surface area contributed by atoms with E-state index in [4.69, 9.17) is 4.42 Å². The lowest BCUT2D eigenvalue weighted by Crippen LogP contribution is -2.15. The van der Waals surface area contributed by atoms with Crippen molar-refractivity contribution in [2.45, 2.75) is 46.0 Å². The van der Waals surface area contributed by atoms with Crippen molar-refractivity contribution < 1.29 is 14.3 Å². The summed E-state index contributed by atoms with van der Waals surface area (Å²) in [5.41, 5.74) is 2.27. The molecule has 3 nitrogen and oxygen atoms in total. The first-order valence-electron chi connectivity index (χ1n) is 6.52. The van der Waals surface area contributed by atoms with Gasteiger partial charge in [0.25, 0.3) is 0 Å². The van der Waals surface area contributed by atoms with Gasteiger partial charge in [-0.15, -0.1) is 0 Å². The van der Waals surface area contributed by atoms with Crippen molar-refractivity contribution in [3.63, 3.8) is 0 Å². The molecule has 0 aliphatic heterocycles. The molecule has 0 amide bonds. The Labute approximate surface area is 113 Å². The summed E-state index contributed by atoms with van der Waals surface area (Å²) < 4.78 is 5.68. The zero-order valence-corrected chi connectivity index (χ0v) is 12.1. The van der Waals surface area contributed by atoms with E-state index >= 15 is 0 Å². The Hall–Kier alpha value is -1.77. The third-order valence-corrected chi connectivity index (χ3v) is 3.31. The van der Waals surface area contributed by atoms with Crippen molar-refractivity contribution in [1.82, 2.24) is 0 Å². The number of aromatic carboxylic acids is 1. The SMILES string of the molecule is CC(C)c1cccc2c(C(C)(C)C)c(C(=O)O)oc12. The van der Waals surface area contributed by atoms with Gasteiger partial charge in [0.1, 0.15) is 5.58 Å². The van der Waals surface area contributed by atoms with E-state index in [0.29, 0.717) is 11.5 Å². The lowest BCUT2D eigenvalue weighted by Gasteiger charge is -2.18. The molecule has 102 valence electrons. The van der Waals surface area contributed by atoms with E-state index < -0.39 is 5.97 Å². The van der Waals surface area contributed by atoms with Gasteiger partial charge in [0.05, 0.1) is 0 Å². The standard InChI is InChI=1S/C16H20O3/c1-9(2)10-7-6-8-11-12(16(3,4)5)14(15(17)18)19-13(10)11/h6-9H,1-5H3,(H,17,18). The molecular weight excluding hydrogens is 240 g/mol. The highest BCUT2D eigenvalue weighted by atomic mass is 16.4. The minimum atomic E-state index is -1.00. The smallest absolute Gasteiger partial charge is 0.372 e. The molecule has 1 aromatic heterocycles. The van der Waals surface area contributed by atoms with E-state index in [-0.39, 0.29) is 11.2 Å². The first-order chi connectivity index (χ1) is 8.73. The number of carboxylic acid groups (broad SMARTS) is 1. The Morgan fingerprint density at radius 3 is 2.37 bits per heavy atom. The van der Waals surface area contributed by atoms with Crippen molar-refractivity contribution in [3.8, 4) is 0 Å². The number of hydrogen-bond donors (Lipinski definition) is 1. The van der Waals surface area contributed by atoms with Crippen LogP contribution in [-0.2, 0) is 5.41 Å². The van der Waals surface area contributed by atoms with Gasteiger partial charge >= 0.3 is 5.97 Å². The van der Waals surface area contributed by atoms with Crippen molar-refractivity contribution in [1.29, 1.82) is 0 Å². The molecule has 0 spiro atoms. The van der Waals surface area contributed by atoms with Gasteiger partial charge in [-0.1, -0.05) is 52.8 Å². The Balaban J connectivity index is 2.89. The quantitative estimate of drug-likeness (QED) is 0.861. The minimum absolute atomic E-state index is 0.0654. The number of fused-ring (bicyclic) bond motifs is 1. The average Bonchev–Trinajstić information content (AvgIpc) is 2.66. The summed E-state index contributed by atoms with van der Waals surface area (Å²) in [5, 5.41) is 10.3. The van der Waals surface area contributed by atoms with Gasteiger partial charge in [0, 0.05) is 10.9 Å². The molecule has 0 saturated heterocycles. The molecule has 1 heterocycles. The molecule has 2 aromatic rings. The number of benzene rings is 1. The monoisotopic (exact) mass is 260 g/mol. The van der Waals surface area contributed by atoms with Crippen LogP contribution in [0.2, 0.25) is 0 Å². The average molecular weight is 260 g/mol. The first-order valence-corrected chi connectivity index (χ1v) is 6.52. The lowest BCUT2D eigenvalue weighted by molar-refractivity contribution is 0.0661. The van der Waals surface area contributed by atoms with Gasteiger partial charge in [-0.25, -0.2) is 4.79 Å². The van der Waals surface area contributed by atoms with Gasteiger partial charge in [-0.2, -0.15) is 0 Å². The van der Waals surface area contributed by atoms with E-state index in [1.165, 1.54) is 0 Å². The molecule has 0 atom stereocenters.